The number of hydrogen-bond acceptors (Lipinski definition) is 6. The van der Waals surface area contributed by atoms with E-state index in [-0.39, 0.29) is 6.61 Å². The van der Waals surface area contributed by atoms with Gasteiger partial charge in [0.15, 0.2) is 5.82 Å². The molecule has 1 aromatic carbocycles. The van der Waals surface area contributed by atoms with E-state index in [1.807, 2.05) is 18.2 Å². The minimum absolute atomic E-state index is 0.271. The summed E-state index contributed by atoms with van der Waals surface area (Å²) in [6.45, 7) is 3.61. The summed E-state index contributed by atoms with van der Waals surface area (Å²) in [5.41, 5.74) is -0.236. The normalized spacial score (nSPS) is 24.0. The van der Waals surface area contributed by atoms with Crippen molar-refractivity contribution in [1.82, 2.24) is 19.2 Å². The van der Waals surface area contributed by atoms with Gasteiger partial charge in [-0.05, 0) is 42.9 Å². The molecule has 0 N–H and O–H groups in total. The number of likely N-dealkylation sites (tertiary alicyclic amines) is 1. The van der Waals surface area contributed by atoms with Gasteiger partial charge in [0.05, 0.1) is 13.7 Å². The first-order chi connectivity index (χ1) is 14.0. The third kappa shape index (κ3) is 3.62. The first kappa shape index (κ1) is 18.6. The maximum atomic E-state index is 12.7. The molecule has 3 heterocycles. The molecule has 154 valence electrons. The molecule has 2 aromatic rings. The van der Waals surface area contributed by atoms with E-state index in [2.05, 4.69) is 16.1 Å². The monoisotopic (exact) mass is 398 g/mol. The van der Waals surface area contributed by atoms with Crippen LogP contribution >= 0.6 is 0 Å². The highest BCUT2D eigenvalue weighted by Crippen LogP contribution is 2.33. The highest BCUT2D eigenvalue weighted by atomic mass is 16.5. The predicted molar refractivity (Wildman–Crippen MR) is 106 cm³/mol. The summed E-state index contributed by atoms with van der Waals surface area (Å²) in [5.74, 6) is 1.89. The molecular weight excluding hydrogens is 372 g/mol. The Labute approximate surface area is 168 Å². The standard InChI is InChI=1S/C21H26N4O4/c1-28-17-4-2-3-16(9-17)10-23-8-7-21(13-23)14-24-18(12-29-21)22-25(11-15-5-6-15)20(27)19(24)26/h2-4,9,15H,5-8,10-14H2,1H3/t21-/m1/s1. The Bertz CT molecular complexity index is 1040. The van der Waals surface area contributed by atoms with Crippen LogP contribution in [0.15, 0.2) is 33.9 Å². The molecule has 1 aromatic heterocycles. The first-order valence-corrected chi connectivity index (χ1v) is 10.3. The summed E-state index contributed by atoms with van der Waals surface area (Å²) < 4.78 is 14.4. The fourth-order valence-electron chi connectivity index (χ4n) is 4.41. The lowest BCUT2D eigenvalue weighted by atomic mass is 10.0. The van der Waals surface area contributed by atoms with Gasteiger partial charge in [0.25, 0.3) is 0 Å². The maximum absolute atomic E-state index is 12.7. The minimum Gasteiger partial charge on any atom is -0.497 e. The lowest BCUT2D eigenvalue weighted by Gasteiger charge is -2.35. The highest BCUT2D eigenvalue weighted by Gasteiger charge is 2.43. The number of ether oxygens (including phenoxy) is 2. The lowest BCUT2D eigenvalue weighted by Crippen LogP contribution is -2.53. The van der Waals surface area contributed by atoms with Crippen molar-refractivity contribution in [3.63, 3.8) is 0 Å². The highest BCUT2D eigenvalue weighted by molar-refractivity contribution is 5.28. The molecule has 2 fully saturated rings. The van der Waals surface area contributed by atoms with E-state index in [1.165, 1.54) is 10.2 Å². The van der Waals surface area contributed by atoms with Crippen molar-refractivity contribution in [3.05, 3.63) is 56.4 Å². The number of fused-ring (bicyclic) bond motifs is 1. The average Bonchev–Trinajstić information content (AvgIpc) is 3.47. The van der Waals surface area contributed by atoms with Gasteiger partial charge in [-0.25, -0.2) is 4.68 Å². The number of hydrogen-bond donors (Lipinski definition) is 0. The molecule has 1 aliphatic carbocycles. The van der Waals surface area contributed by atoms with Crippen molar-refractivity contribution in [3.8, 4) is 5.75 Å². The fraction of sp³-hybridized carbons (Fsp3) is 0.571. The van der Waals surface area contributed by atoms with Crippen molar-refractivity contribution >= 4 is 0 Å². The van der Waals surface area contributed by atoms with Gasteiger partial charge in [-0.15, -0.1) is 0 Å². The van der Waals surface area contributed by atoms with Crippen LogP contribution < -0.4 is 15.9 Å². The van der Waals surface area contributed by atoms with Gasteiger partial charge in [-0.3, -0.25) is 19.1 Å². The van der Waals surface area contributed by atoms with Crippen LogP contribution in [0.5, 0.6) is 5.75 Å². The van der Waals surface area contributed by atoms with Crippen molar-refractivity contribution in [2.75, 3.05) is 20.2 Å². The molecule has 8 heteroatoms. The van der Waals surface area contributed by atoms with Crippen LogP contribution in [-0.4, -0.2) is 45.0 Å². The second-order valence-corrected chi connectivity index (χ2v) is 8.52. The summed E-state index contributed by atoms with van der Waals surface area (Å²) in [6, 6.07) is 8.05. The Hall–Kier alpha value is -2.45. The van der Waals surface area contributed by atoms with Crippen LogP contribution in [0, 0.1) is 5.92 Å². The average molecular weight is 398 g/mol. The van der Waals surface area contributed by atoms with E-state index in [0.717, 1.165) is 44.6 Å². The smallest absolute Gasteiger partial charge is 0.332 e. The molecular formula is C21H26N4O4. The quantitative estimate of drug-likeness (QED) is 0.700. The van der Waals surface area contributed by atoms with Gasteiger partial charge in [0.2, 0.25) is 0 Å². The van der Waals surface area contributed by atoms with Crippen molar-refractivity contribution < 1.29 is 9.47 Å². The van der Waals surface area contributed by atoms with E-state index in [0.29, 0.717) is 24.8 Å². The summed E-state index contributed by atoms with van der Waals surface area (Å²) in [5, 5.41) is 4.43. The largest absolute Gasteiger partial charge is 0.497 e. The number of nitrogens with zero attached hydrogens (tertiary/aromatic N) is 4. The number of methoxy groups -OCH3 is 1. The van der Waals surface area contributed by atoms with Gasteiger partial charge >= 0.3 is 11.1 Å². The molecule has 1 saturated heterocycles. The summed E-state index contributed by atoms with van der Waals surface area (Å²) in [7, 11) is 1.67. The van der Waals surface area contributed by atoms with Crippen molar-refractivity contribution in [1.29, 1.82) is 0 Å². The summed E-state index contributed by atoms with van der Waals surface area (Å²) in [4.78, 5) is 27.5. The SMILES string of the molecule is COc1cccc(CN2CC[C@@]3(C2)Cn2c(nn(CC4CC4)c(=O)c2=O)CO3)c1. The van der Waals surface area contributed by atoms with Crippen LogP contribution in [0.4, 0.5) is 0 Å². The number of rotatable bonds is 5. The van der Waals surface area contributed by atoms with E-state index in [4.69, 9.17) is 9.47 Å². The van der Waals surface area contributed by atoms with Gasteiger partial charge in [-0.2, -0.15) is 5.10 Å². The Morgan fingerprint density at radius 2 is 2.10 bits per heavy atom. The van der Waals surface area contributed by atoms with Crippen molar-refractivity contribution in [2.45, 2.75) is 51.1 Å². The minimum atomic E-state index is -0.510. The second kappa shape index (κ2) is 7.11. The Morgan fingerprint density at radius 1 is 1.24 bits per heavy atom. The van der Waals surface area contributed by atoms with Crippen molar-refractivity contribution in [2.24, 2.45) is 5.92 Å². The third-order valence-electron chi connectivity index (χ3n) is 6.23. The molecule has 29 heavy (non-hydrogen) atoms. The molecule has 0 amide bonds. The molecule has 1 atom stereocenters. The molecule has 0 unspecified atom stereocenters. The molecule has 8 nitrogen and oxygen atoms in total. The van der Waals surface area contributed by atoms with Gasteiger partial charge in [0.1, 0.15) is 18.0 Å². The molecule has 5 rings (SSSR count). The number of benzene rings is 1. The molecule has 1 saturated carbocycles. The maximum Gasteiger partial charge on any atom is 0.332 e. The predicted octanol–water partition coefficient (Wildman–Crippen LogP) is 0.998. The Balaban J connectivity index is 1.33. The van der Waals surface area contributed by atoms with E-state index < -0.39 is 16.7 Å². The van der Waals surface area contributed by atoms with Crippen LogP contribution in [0.1, 0.15) is 30.7 Å². The molecule has 1 spiro atoms. The van der Waals surface area contributed by atoms with E-state index in [9.17, 15) is 9.59 Å². The van der Waals surface area contributed by atoms with Crippen LogP contribution in [0.3, 0.4) is 0 Å². The molecule has 3 aliphatic rings. The fourth-order valence-corrected chi connectivity index (χ4v) is 4.41. The number of aromatic nitrogens is 3. The summed E-state index contributed by atoms with van der Waals surface area (Å²) >= 11 is 0. The van der Waals surface area contributed by atoms with Crippen LogP contribution in [0.2, 0.25) is 0 Å². The van der Waals surface area contributed by atoms with Crippen LogP contribution in [0.25, 0.3) is 0 Å². The third-order valence-corrected chi connectivity index (χ3v) is 6.23. The second-order valence-electron chi connectivity index (χ2n) is 8.52. The topological polar surface area (TPSA) is 78.6 Å². The Kier molecular flexibility index (Phi) is 4.55. The summed E-state index contributed by atoms with van der Waals surface area (Å²) in [6.07, 6.45) is 3.04. The van der Waals surface area contributed by atoms with Crippen LogP contribution in [-0.2, 0) is 31.0 Å². The molecule has 0 radical (unpaired) electrons. The first-order valence-electron chi connectivity index (χ1n) is 10.3. The molecule has 2 aliphatic heterocycles. The zero-order valence-electron chi connectivity index (χ0n) is 16.7. The van der Waals surface area contributed by atoms with E-state index >= 15 is 0 Å². The van der Waals surface area contributed by atoms with Gasteiger partial charge in [-0.1, -0.05) is 12.1 Å². The van der Waals surface area contributed by atoms with Gasteiger partial charge < -0.3 is 9.47 Å². The molecule has 0 bridgehead atoms. The Morgan fingerprint density at radius 3 is 2.90 bits per heavy atom. The zero-order valence-corrected chi connectivity index (χ0v) is 16.7. The van der Waals surface area contributed by atoms with Gasteiger partial charge in [0, 0.05) is 26.2 Å². The van der Waals surface area contributed by atoms with E-state index in [1.54, 1.807) is 11.7 Å². The lowest BCUT2D eigenvalue weighted by molar-refractivity contribution is -0.0859. The zero-order chi connectivity index (χ0) is 20.0.